The minimum atomic E-state index is -0.386. The van der Waals surface area contributed by atoms with Crippen LogP contribution in [0.3, 0.4) is 0 Å². The van der Waals surface area contributed by atoms with Gasteiger partial charge in [0.15, 0.2) is 11.6 Å². The number of methoxy groups -OCH3 is 1. The lowest BCUT2D eigenvalue weighted by atomic mass is 10.1. The first kappa shape index (κ1) is 16.0. The highest BCUT2D eigenvalue weighted by molar-refractivity contribution is 6.07. The van der Waals surface area contributed by atoms with Crippen molar-refractivity contribution in [1.82, 2.24) is 0 Å². The third kappa shape index (κ3) is 3.71. The number of hydrogen-bond acceptors (Lipinski definition) is 4. The number of benzene rings is 2. The molecule has 0 unspecified atom stereocenters. The summed E-state index contributed by atoms with van der Waals surface area (Å²) < 4.78 is 10.4. The van der Waals surface area contributed by atoms with Gasteiger partial charge in [0.25, 0.3) is 0 Å². The monoisotopic (exact) mass is 321 g/mol. The zero-order chi connectivity index (χ0) is 16.9. The maximum Gasteiger partial charge on any atom is 0.363 e. The quantitative estimate of drug-likeness (QED) is 0.619. The van der Waals surface area contributed by atoms with E-state index in [0.29, 0.717) is 18.0 Å². The van der Waals surface area contributed by atoms with E-state index < -0.39 is 0 Å². The van der Waals surface area contributed by atoms with Crippen molar-refractivity contribution in [2.24, 2.45) is 4.99 Å². The molecule has 2 aromatic rings. The molecule has 0 aromatic heterocycles. The van der Waals surface area contributed by atoms with Crippen LogP contribution in [0.5, 0.6) is 5.75 Å². The Bertz CT molecular complexity index is 804. The molecule has 3 rings (SSSR count). The summed E-state index contributed by atoms with van der Waals surface area (Å²) in [7, 11) is 1.64. The van der Waals surface area contributed by atoms with E-state index in [1.807, 2.05) is 55.5 Å². The van der Waals surface area contributed by atoms with E-state index in [4.69, 9.17) is 9.47 Å². The maximum absolute atomic E-state index is 12.0. The maximum atomic E-state index is 12.0. The van der Waals surface area contributed by atoms with E-state index in [-0.39, 0.29) is 5.97 Å². The summed E-state index contributed by atoms with van der Waals surface area (Å²) in [6.45, 7) is 2.00. The van der Waals surface area contributed by atoms with Gasteiger partial charge in [0.2, 0.25) is 0 Å². The third-order valence-corrected chi connectivity index (χ3v) is 3.93. The van der Waals surface area contributed by atoms with E-state index >= 15 is 0 Å². The van der Waals surface area contributed by atoms with E-state index in [0.717, 1.165) is 28.9 Å². The van der Waals surface area contributed by atoms with Crippen LogP contribution in [-0.2, 0) is 16.0 Å². The lowest BCUT2D eigenvalue weighted by Gasteiger charge is -2.03. The molecule has 0 spiro atoms. The van der Waals surface area contributed by atoms with Gasteiger partial charge in [-0.1, -0.05) is 36.4 Å². The van der Waals surface area contributed by atoms with E-state index in [1.165, 1.54) is 0 Å². The standard InChI is InChI=1S/C20H19NO3/c1-14-5-3-4-6-16(14)13-18-20(22)24-19(21-18)12-9-15-7-10-17(23-2)11-8-15/h3-8,10-11,13H,9,12H2,1-2H3/b18-13-. The Hall–Kier alpha value is -2.88. The number of hydrogen-bond donors (Lipinski definition) is 0. The van der Waals surface area contributed by atoms with Crippen molar-refractivity contribution in [2.75, 3.05) is 7.11 Å². The number of aliphatic imine (C=N–C) groups is 1. The predicted molar refractivity (Wildman–Crippen MR) is 94.0 cm³/mol. The van der Waals surface area contributed by atoms with Gasteiger partial charge in [-0.15, -0.1) is 0 Å². The molecule has 1 aliphatic heterocycles. The number of rotatable bonds is 5. The lowest BCUT2D eigenvalue weighted by molar-refractivity contribution is -0.130. The number of esters is 1. The molecule has 0 bridgehead atoms. The molecule has 0 N–H and O–H groups in total. The minimum absolute atomic E-state index is 0.356. The van der Waals surface area contributed by atoms with Gasteiger partial charge in [0, 0.05) is 6.42 Å². The van der Waals surface area contributed by atoms with Crippen LogP contribution in [0.1, 0.15) is 23.1 Å². The molecule has 0 atom stereocenters. The highest BCUT2D eigenvalue weighted by Gasteiger charge is 2.22. The molecule has 1 heterocycles. The largest absolute Gasteiger partial charge is 0.497 e. The van der Waals surface area contributed by atoms with Crippen LogP contribution >= 0.6 is 0 Å². The second kappa shape index (κ2) is 7.13. The predicted octanol–water partition coefficient (Wildman–Crippen LogP) is 3.93. The summed E-state index contributed by atoms with van der Waals surface area (Å²) in [4.78, 5) is 16.3. The summed E-state index contributed by atoms with van der Waals surface area (Å²) in [6.07, 6.45) is 3.12. The second-order valence-electron chi connectivity index (χ2n) is 5.63. The van der Waals surface area contributed by atoms with E-state index in [1.54, 1.807) is 13.2 Å². The summed E-state index contributed by atoms with van der Waals surface area (Å²) in [5.41, 5.74) is 3.57. The zero-order valence-corrected chi connectivity index (χ0v) is 13.8. The Morgan fingerprint density at radius 1 is 1.08 bits per heavy atom. The summed E-state index contributed by atoms with van der Waals surface area (Å²) in [5.74, 6) is 0.908. The molecule has 0 saturated carbocycles. The van der Waals surface area contributed by atoms with Crippen molar-refractivity contribution in [3.63, 3.8) is 0 Å². The molecule has 4 heteroatoms. The van der Waals surface area contributed by atoms with Crippen molar-refractivity contribution in [1.29, 1.82) is 0 Å². The van der Waals surface area contributed by atoms with Crippen LogP contribution in [-0.4, -0.2) is 19.0 Å². The average Bonchev–Trinajstić information content (AvgIpc) is 2.95. The van der Waals surface area contributed by atoms with Gasteiger partial charge in [-0.2, -0.15) is 0 Å². The molecule has 4 nitrogen and oxygen atoms in total. The minimum Gasteiger partial charge on any atom is -0.497 e. The van der Waals surface area contributed by atoms with Crippen molar-refractivity contribution in [3.05, 3.63) is 70.9 Å². The van der Waals surface area contributed by atoms with Crippen LogP contribution in [0.4, 0.5) is 0 Å². The van der Waals surface area contributed by atoms with Gasteiger partial charge in [-0.05, 0) is 48.2 Å². The Labute approximate surface area is 141 Å². The Kier molecular flexibility index (Phi) is 4.75. The number of carbonyl (C=O) groups excluding carboxylic acids is 1. The first-order chi connectivity index (χ1) is 11.7. The van der Waals surface area contributed by atoms with Gasteiger partial charge in [-0.3, -0.25) is 0 Å². The summed E-state index contributed by atoms with van der Waals surface area (Å²) >= 11 is 0. The molecule has 0 radical (unpaired) electrons. The lowest BCUT2D eigenvalue weighted by Crippen LogP contribution is -2.05. The fraction of sp³-hybridized carbons (Fsp3) is 0.200. The topological polar surface area (TPSA) is 47.9 Å². The van der Waals surface area contributed by atoms with Crippen LogP contribution < -0.4 is 4.74 Å². The molecule has 122 valence electrons. The van der Waals surface area contributed by atoms with Gasteiger partial charge in [-0.25, -0.2) is 9.79 Å². The van der Waals surface area contributed by atoms with E-state index in [9.17, 15) is 4.79 Å². The summed E-state index contributed by atoms with van der Waals surface area (Å²) in [6, 6.07) is 15.7. The number of ether oxygens (including phenoxy) is 2. The third-order valence-electron chi connectivity index (χ3n) is 3.93. The smallest absolute Gasteiger partial charge is 0.363 e. The molecule has 0 amide bonds. The highest BCUT2D eigenvalue weighted by atomic mass is 16.6. The molecule has 24 heavy (non-hydrogen) atoms. The molecule has 0 fully saturated rings. The molecular formula is C20H19NO3. The van der Waals surface area contributed by atoms with E-state index in [2.05, 4.69) is 4.99 Å². The first-order valence-corrected chi connectivity index (χ1v) is 7.86. The average molecular weight is 321 g/mol. The van der Waals surface area contributed by atoms with Gasteiger partial charge in [0.05, 0.1) is 7.11 Å². The fourth-order valence-corrected chi connectivity index (χ4v) is 2.50. The molecule has 0 saturated heterocycles. The molecule has 2 aromatic carbocycles. The van der Waals surface area contributed by atoms with Gasteiger partial charge >= 0.3 is 5.97 Å². The van der Waals surface area contributed by atoms with Crippen LogP contribution in [0.25, 0.3) is 6.08 Å². The van der Waals surface area contributed by atoms with Crippen molar-refractivity contribution < 1.29 is 14.3 Å². The second-order valence-corrected chi connectivity index (χ2v) is 5.63. The van der Waals surface area contributed by atoms with Gasteiger partial charge < -0.3 is 9.47 Å². The Morgan fingerprint density at radius 3 is 2.54 bits per heavy atom. The van der Waals surface area contributed by atoms with Crippen LogP contribution in [0.2, 0.25) is 0 Å². The molecule has 1 aliphatic rings. The number of aryl methyl sites for hydroxylation is 2. The van der Waals surface area contributed by atoms with Crippen LogP contribution in [0.15, 0.2) is 59.2 Å². The van der Waals surface area contributed by atoms with Gasteiger partial charge in [0.1, 0.15) is 5.75 Å². The summed E-state index contributed by atoms with van der Waals surface area (Å²) in [5, 5.41) is 0. The zero-order valence-electron chi connectivity index (χ0n) is 13.8. The fourth-order valence-electron chi connectivity index (χ4n) is 2.50. The highest BCUT2D eigenvalue weighted by Crippen LogP contribution is 2.20. The molecular weight excluding hydrogens is 302 g/mol. The number of cyclic esters (lactones) is 1. The Balaban J connectivity index is 1.69. The Morgan fingerprint density at radius 2 is 1.83 bits per heavy atom. The number of nitrogens with zero attached hydrogens (tertiary/aromatic N) is 1. The number of carbonyl (C=O) groups is 1. The van der Waals surface area contributed by atoms with Crippen molar-refractivity contribution in [2.45, 2.75) is 19.8 Å². The normalized spacial score (nSPS) is 15.3. The van der Waals surface area contributed by atoms with Crippen molar-refractivity contribution >= 4 is 17.9 Å². The SMILES string of the molecule is COc1ccc(CCC2=N/C(=C\c3ccccc3C)C(=O)O2)cc1. The van der Waals surface area contributed by atoms with Crippen molar-refractivity contribution in [3.8, 4) is 5.75 Å². The van der Waals surface area contributed by atoms with Crippen LogP contribution in [0, 0.1) is 6.92 Å². The molecule has 0 aliphatic carbocycles. The first-order valence-electron chi connectivity index (χ1n) is 7.86.